The van der Waals surface area contributed by atoms with E-state index in [0.717, 1.165) is 12.4 Å². The molecular weight excluding hydrogens is 248 g/mol. The zero-order valence-electron chi connectivity index (χ0n) is 14.3. The van der Waals surface area contributed by atoms with Crippen LogP contribution in [0.2, 0.25) is 0 Å². The fourth-order valence-electron chi connectivity index (χ4n) is 2.00. The van der Waals surface area contributed by atoms with Crippen LogP contribution in [0.25, 0.3) is 0 Å². The van der Waals surface area contributed by atoms with Crippen molar-refractivity contribution in [2.24, 2.45) is 0 Å². The van der Waals surface area contributed by atoms with E-state index in [1.54, 1.807) is 0 Å². The summed E-state index contributed by atoms with van der Waals surface area (Å²) in [5.41, 5.74) is 2.58. The third-order valence-electron chi connectivity index (χ3n) is 3.00. The molecule has 0 spiro atoms. The highest BCUT2D eigenvalue weighted by molar-refractivity contribution is 5.44. The fraction of sp³-hybridized carbons (Fsp3) is 0.667. The first kappa shape index (κ1) is 19.0. The molecule has 1 rings (SSSR count). The van der Waals surface area contributed by atoms with Gasteiger partial charge in [0.25, 0.3) is 0 Å². The lowest BCUT2D eigenvalue weighted by molar-refractivity contribution is 0.109. The Morgan fingerprint density at radius 2 is 1.40 bits per heavy atom. The molecule has 1 aromatic carbocycles. The molecule has 0 aliphatic rings. The Kier molecular flexibility index (Phi) is 10.2. The van der Waals surface area contributed by atoms with Crippen molar-refractivity contribution in [1.82, 2.24) is 0 Å². The lowest BCUT2D eigenvalue weighted by atomic mass is 9.94. The van der Waals surface area contributed by atoms with E-state index in [-0.39, 0.29) is 0 Å². The number of hydrogen-bond donors (Lipinski definition) is 0. The number of rotatable bonds is 7. The van der Waals surface area contributed by atoms with Crippen LogP contribution < -0.4 is 4.74 Å². The van der Waals surface area contributed by atoms with Gasteiger partial charge in [-0.2, -0.15) is 0 Å². The Hall–Kier alpha value is -1.02. The SMILES string of the molecule is CC.CCOCCOc1c(C(C)C)cccc1C(C)C. The standard InChI is InChI=1S/C16H26O2.C2H6/c1-6-17-10-11-18-16-14(12(2)3)8-7-9-15(16)13(4)5;1-2/h7-9,12-13H,6,10-11H2,1-5H3;1-2H3. The number of hydrogen-bond acceptors (Lipinski definition) is 2. The van der Waals surface area contributed by atoms with Crippen molar-refractivity contribution >= 4 is 0 Å². The highest BCUT2D eigenvalue weighted by Crippen LogP contribution is 2.34. The van der Waals surface area contributed by atoms with Gasteiger partial charge in [-0.05, 0) is 29.9 Å². The van der Waals surface area contributed by atoms with E-state index in [9.17, 15) is 0 Å². The third kappa shape index (κ3) is 5.96. The van der Waals surface area contributed by atoms with Gasteiger partial charge in [0.15, 0.2) is 0 Å². The Morgan fingerprint density at radius 3 is 1.80 bits per heavy atom. The van der Waals surface area contributed by atoms with Crippen LogP contribution in [0, 0.1) is 0 Å². The Morgan fingerprint density at radius 1 is 0.900 bits per heavy atom. The molecule has 0 radical (unpaired) electrons. The summed E-state index contributed by atoms with van der Waals surface area (Å²) in [5, 5.41) is 0. The smallest absolute Gasteiger partial charge is 0.126 e. The molecule has 0 aliphatic carbocycles. The molecule has 1 aromatic rings. The topological polar surface area (TPSA) is 18.5 Å². The molecule has 0 aromatic heterocycles. The van der Waals surface area contributed by atoms with Crippen molar-refractivity contribution in [3.05, 3.63) is 29.3 Å². The molecule has 2 nitrogen and oxygen atoms in total. The number of ether oxygens (including phenoxy) is 2. The van der Waals surface area contributed by atoms with Gasteiger partial charge in [-0.3, -0.25) is 0 Å². The van der Waals surface area contributed by atoms with Gasteiger partial charge in [0.1, 0.15) is 12.4 Å². The zero-order valence-corrected chi connectivity index (χ0v) is 14.3. The molecule has 116 valence electrons. The van der Waals surface area contributed by atoms with Crippen LogP contribution in [-0.4, -0.2) is 19.8 Å². The maximum atomic E-state index is 5.97. The maximum absolute atomic E-state index is 5.97. The average Bonchev–Trinajstić information content (AvgIpc) is 2.45. The lowest BCUT2D eigenvalue weighted by Gasteiger charge is -2.19. The van der Waals surface area contributed by atoms with Crippen LogP contribution in [0.15, 0.2) is 18.2 Å². The molecule has 0 N–H and O–H groups in total. The van der Waals surface area contributed by atoms with Gasteiger partial charge in [-0.1, -0.05) is 59.7 Å². The van der Waals surface area contributed by atoms with Gasteiger partial charge in [-0.15, -0.1) is 0 Å². The van der Waals surface area contributed by atoms with Crippen LogP contribution in [0.4, 0.5) is 0 Å². The van der Waals surface area contributed by atoms with E-state index in [4.69, 9.17) is 9.47 Å². The molecule has 0 atom stereocenters. The minimum absolute atomic E-state index is 0.478. The van der Waals surface area contributed by atoms with Crippen molar-refractivity contribution in [3.8, 4) is 5.75 Å². The van der Waals surface area contributed by atoms with Gasteiger partial charge < -0.3 is 9.47 Å². The fourth-order valence-corrected chi connectivity index (χ4v) is 2.00. The van der Waals surface area contributed by atoms with Crippen LogP contribution in [0.5, 0.6) is 5.75 Å². The van der Waals surface area contributed by atoms with E-state index in [1.807, 2.05) is 20.8 Å². The van der Waals surface area contributed by atoms with Crippen molar-refractivity contribution in [2.75, 3.05) is 19.8 Å². The van der Waals surface area contributed by atoms with E-state index in [0.29, 0.717) is 25.0 Å². The second-order valence-corrected chi connectivity index (χ2v) is 5.12. The van der Waals surface area contributed by atoms with Crippen LogP contribution in [-0.2, 0) is 4.74 Å². The first-order valence-corrected chi connectivity index (χ1v) is 7.91. The Bertz CT molecular complexity index is 330. The van der Waals surface area contributed by atoms with Crippen molar-refractivity contribution in [2.45, 2.75) is 60.3 Å². The van der Waals surface area contributed by atoms with Crippen molar-refractivity contribution < 1.29 is 9.47 Å². The summed E-state index contributed by atoms with van der Waals surface area (Å²) in [4.78, 5) is 0. The molecule has 0 fully saturated rings. The summed E-state index contributed by atoms with van der Waals surface area (Å²) in [5.74, 6) is 2.01. The molecule has 20 heavy (non-hydrogen) atoms. The molecule has 0 heterocycles. The predicted molar refractivity (Wildman–Crippen MR) is 88.0 cm³/mol. The second-order valence-electron chi connectivity index (χ2n) is 5.12. The van der Waals surface area contributed by atoms with Gasteiger partial charge >= 0.3 is 0 Å². The average molecular weight is 280 g/mol. The molecule has 0 amide bonds. The summed E-state index contributed by atoms with van der Waals surface area (Å²) < 4.78 is 11.3. The Balaban J connectivity index is 0.00000172. The van der Waals surface area contributed by atoms with Crippen LogP contribution in [0.1, 0.15) is 71.4 Å². The second kappa shape index (κ2) is 10.7. The molecular formula is C18H32O2. The highest BCUT2D eigenvalue weighted by atomic mass is 16.5. The maximum Gasteiger partial charge on any atom is 0.126 e. The largest absolute Gasteiger partial charge is 0.491 e. The minimum Gasteiger partial charge on any atom is -0.491 e. The summed E-state index contributed by atoms with van der Waals surface area (Å²) in [7, 11) is 0. The van der Waals surface area contributed by atoms with Crippen LogP contribution >= 0.6 is 0 Å². The molecule has 0 saturated heterocycles. The van der Waals surface area contributed by atoms with Gasteiger partial charge in [0, 0.05) is 6.61 Å². The minimum atomic E-state index is 0.478. The highest BCUT2D eigenvalue weighted by Gasteiger charge is 2.14. The van der Waals surface area contributed by atoms with Gasteiger partial charge in [-0.25, -0.2) is 0 Å². The number of para-hydroxylation sites is 1. The van der Waals surface area contributed by atoms with E-state index >= 15 is 0 Å². The van der Waals surface area contributed by atoms with Crippen molar-refractivity contribution in [3.63, 3.8) is 0 Å². The first-order chi connectivity index (χ1) is 9.57. The van der Waals surface area contributed by atoms with E-state index in [1.165, 1.54) is 11.1 Å². The molecule has 0 unspecified atom stereocenters. The molecule has 0 saturated carbocycles. The van der Waals surface area contributed by atoms with E-state index in [2.05, 4.69) is 45.9 Å². The number of benzene rings is 1. The molecule has 0 aliphatic heterocycles. The summed E-state index contributed by atoms with van der Waals surface area (Å²) in [6.45, 7) is 16.8. The summed E-state index contributed by atoms with van der Waals surface area (Å²) in [6.07, 6.45) is 0. The Labute approximate surface area is 125 Å². The molecule has 0 bridgehead atoms. The first-order valence-electron chi connectivity index (χ1n) is 7.91. The van der Waals surface area contributed by atoms with Crippen molar-refractivity contribution in [1.29, 1.82) is 0 Å². The normalized spacial score (nSPS) is 10.4. The molecule has 2 heteroatoms. The van der Waals surface area contributed by atoms with Gasteiger partial charge in [0.2, 0.25) is 0 Å². The third-order valence-corrected chi connectivity index (χ3v) is 3.00. The van der Waals surface area contributed by atoms with Gasteiger partial charge in [0.05, 0.1) is 6.61 Å². The quantitative estimate of drug-likeness (QED) is 0.625. The van der Waals surface area contributed by atoms with E-state index < -0.39 is 0 Å². The predicted octanol–water partition coefficient (Wildman–Crippen LogP) is 5.37. The van der Waals surface area contributed by atoms with Crippen LogP contribution in [0.3, 0.4) is 0 Å². The summed E-state index contributed by atoms with van der Waals surface area (Å²) >= 11 is 0. The zero-order chi connectivity index (χ0) is 15.5. The lowest BCUT2D eigenvalue weighted by Crippen LogP contribution is -2.10. The summed E-state index contributed by atoms with van der Waals surface area (Å²) in [6, 6.07) is 6.44. The monoisotopic (exact) mass is 280 g/mol.